The fourth-order valence-electron chi connectivity index (χ4n) is 2.32. The molecule has 0 aromatic heterocycles. The molecule has 0 unspecified atom stereocenters. The van der Waals surface area contributed by atoms with Gasteiger partial charge in [0.2, 0.25) is 0 Å². The minimum atomic E-state index is -0.294. The molecule has 0 saturated carbocycles. The Morgan fingerprint density at radius 1 is 1.12 bits per heavy atom. The van der Waals surface area contributed by atoms with Crippen molar-refractivity contribution in [2.75, 3.05) is 6.61 Å². The molecule has 2 rings (SSSR count). The van der Waals surface area contributed by atoms with Crippen molar-refractivity contribution in [1.82, 2.24) is 5.32 Å². The Bertz CT molecular complexity index is 777. The van der Waals surface area contributed by atoms with Crippen LogP contribution in [0.1, 0.15) is 42.2 Å². The second kappa shape index (κ2) is 8.88. The smallest absolute Gasteiger partial charge is 0.258 e. The number of ketones is 1. The maximum Gasteiger partial charge on any atom is 0.258 e. The van der Waals surface area contributed by atoms with Crippen LogP contribution < -0.4 is 10.1 Å². The van der Waals surface area contributed by atoms with Crippen LogP contribution in [-0.4, -0.2) is 18.3 Å². The van der Waals surface area contributed by atoms with E-state index >= 15 is 0 Å². The van der Waals surface area contributed by atoms with E-state index in [1.54, 1.807) is 37.3 Å². The first-order chi connectivity index (χ1) is 11.9. The number of carbonyl (C=O) groups excluding carboxylic acids is 2. The summed E-state index contributed by atoms with van der Waals surface area (Å²) >= 11 is 11.9. The Morgan fingerprint density at radius 3 is 2.52 bits per heavy atom. The standard InChI is InChI=1S/C19H19Cl2NO3/c1-3-17(23)16-10-15(21)7-8-18(16)25-11-19(24)22-12(2)13-5-4-6-14(20)9-13/h4-10,12H,3,11H2,1-2H3,(H,22,24)/t12-/m0/s1. The molecule has 0 saturated heterocycles. The first-order valence-electron chi connectivity index (χ1n) is 7.91. The van der Waals surface area contributed by atoms with Crippen molar-refractivity contribution in [3.63, 3.8) is 0 Å². The van der Waals surface area contributed by atoms with Crippen molar-refractivity contribution < 1.29 is 14.3 Å². The molecule has 1 atom stereocenters. The minimum Gasteiger partial charge on any atom is -0.483 e. The lowest BCUT2D eigenvalue weighted by Crippen LogP contribution is -2.31. The highest BCUT2D eigenvalue weighted by Crippen LogP contribution is 2.24. The van der Waals surface area contributed by atoms with E-state index in [-0.39, 0.29) is 24.3 Å². The monoisotopic (exact) mass is 379 g/mol. The van der Waals surface area contributed by atoms with Gasteiger partial charge in [-0.2, -0.15) is 0 Å². The van der Waals surface area contributed by atoms with Gasteiger partial charge in [0.1, 0.15) is 5.75 Å². The summed E-state index contributed by atoms with van der Waals surface area (Å²) in [5.41, 5.74) is 1.28. The average Bonchev–Trinajstić information content (AvgIpc) is 2.59. The molecule has 0 spiro atoms. The third-order valence-corrected chi connectivity index (χ3v) is 4.12. The molecule has 0 aliphatic rings. The number of halogens is 2. The van der Waals surface area contributed by atoms with E-state index in [4.69, 9.17) is 27.9 Å². The Labute approximate surface area is 157 Å². The van der Waals surface area contributed by atoms with Gasteiger partial charge in [0, 0.05) is 16.5 Å². The summed E-state index contributed by atoms with van der Waals surface area (Å²) in [5, 5.41) is 3.89. The van der Waals surface area contributed by atoms with Crippen LogP contribution >= 0.6 is 23.2 Å². The van der Waals surface area contributed by atoms with Gasteiger partial charge < -0.3 is 10.1 Å². The molecule has 0 radical (unpaired) electrons. The summed E-state index contributed by atoms with van der Waals surface area (Å²) in [6.07, 6.45) is 0.328. The zero-order valence-electron chi connectivity index (χ0n) is 14.0. The molecule has 2 aromatic rings. The van der Waals surface area contributed by atoms with Gasteiger partial charge in [-0.1, -0.05) is 42.3 Å². The Hall–Kier alpha value is -2.04. The van der Waals surface area contributed by atoms with Crippen LogP contribution in [0.3, 0.4) is 0 Å². The topological polar surface area (TPSA) is 55.4 Å². The number of nitrogens with one attached hydrogen (secondary N) is 1. The normalized spacial score (nSPS) is 11.7. The number of hydrogen-bond acceptors (Lipinski definition) is 3. The van der Waals surface area contributed by atoms with Gasteiger partial charge in [0.15, 0.2) is 12.4 Å². The predicted octanol–water partition coefficient (Wildman–Crippen LogP) is 4.84. The highest BCUT2D eigenvalue weighted by Gasteiger charge is 2.14. The zero-order valence-corrected chi connectivity index (χ0v) is 15.5. The molecular weight excluding hydrogens is 361 g/mol. The van der Waals surface area contributed by atoms with Crippen LogP contribution in [0, 0.1) is 0 Å². The van der Waals surface area contributed by atoms with Gasteiger partial charge in [-0.05, 0) is 42.8 Å². The maximum absolute atomic E-state index is 12.1. The largest absolute Gasteiger partial charge is 0.483 e. The van der Waals surface area contributed by atoms with Gasteiger partial charge in [0.25, 0.3) is 5.91 Å². The Kier molecular flexibility index (Phi) is 6.85. The molecular formula is C19H19Cl2NO3. The molecule has 4 nitrogen and oxygen atoms in total. The van der Waals surface area contributed by atoms with Gasteiger partial charge in [-0.15, -0.1) is 0 Å². The van der Waals surface area contributed by atoms with Crippen LogP contribution in [0.5, 0.6) is 5.75 Å². The van der Waals surface area contributed by atoms with Crippen LogP contribution in [-0.2, 0) is 4.79 Å². The number of hydrogen-bond donors (Lipinski definition) is 1. The summed E-state index contributed by atoms with van der Waals surface area (Å²) in [6, 6.07) is 11.8. The quantitative estimate of drug-likeness (QED) is 0.700. The molecule has 2 aromatic carbocycles. The van der Waals surface area contributed by atoms with Crippen molar-refractivity contribution in [2.24, 2.45) is 0 Å². The number of Topliss-reactive ketones (excluding diaryl/α,β-unsaturated/α-hetero) is 1. The van der Waals surface area contributed by atoms with E-state index in [0.29, 0.717) is 27.8 Å². The third-order valence-electron chi connectivity index (χ3n) is 3.65. The summed E-state index contributed by atoms with van der Waals surface area (Å²) in [6.45, 7) is 3.42. The average molecular weight is 380 g/mol. The van der Waals surface area contributed by atoms with Gasteiger partial charge in [0.05, 0.1) is 11.6 Å². The van der Waals surface area contributed by atoms with Crippen molar-refractivity contribution in [3.8, 4) is 5.75 Å². The lowest BCUT2D eigenvalue weighted by molar-refractivity contribution is -0.123. The number of ether oxygens (including phenoxy) is 1. The zero-order chi connectivity index (χ0) is 18.4. The fourth-order valence-corrected chi connectivity index (χ4v) is 2.69. The van der Waals surface area contributed by atoms with E-state index < -0.39 is 0 Å². The van der Waals surface area contributed by atoms with Gasteiger partial charge in [-0.25, -0.2) is 0 Å². The minimum absolute atomic E-state index is 0.0924. The highest BCUT2D eigenvalue weighted by atomic mass is 35.5. The predicted molar refractivity (Wildman–Crippen MR) is 99.6 cm³/mol. The summed E-state index contributed by atoms with van der Waals surface area (Å²) in [7, 11) is 0. The van der Waals surface area contributed by atoms with E-state index in [1.165, 1.54) is 0 Å². The number of benzene rings is 2. The number of amides is 1. The van der Waals surface area contributed by atoms with Crippen molar-refractivity contribution in [2.45, 2.75) is 26.3 Å². The fraction of sp³-hybridized carbons (Fsp3) is 0.263. The molecule has 0 aliphatic carbocycles. The van der Waals surface area contributed by atoms with Crippen LogP contribution in [0.15, 0.2) is 42.5 Å². The van der Waals surface area contributed by atoms with E-state index in [1.807, 2.05) is 19.1 Å². The summed E-state index contributed by atoms with van der Waals surface area (Å²) in [4.78, 5) is 24.1. The lowest BCUT2D eigenvalue weighted by Gasteiger charge is -2.16. The molecule has 0 heterocycles. The molecule has 0 aliphatic heterocycles. The highest BCUT2D eigenvalue weighted by molar-refractivity contribution is 6.31. The molecule has 1 amide bonds. The number of carbonyl (C=O) groups is 2. The van der Waals surface area contributed by atoms with E-state index in [9.17, 15) is 9.59 Å². The Balaban J connectivity index is 1.99. The summed E-state index contributed by atoms with van der Waals surface area (Å²) < 4.78 is 5.52. The second-order valence-electron chi connectivity index (χ2n) is 5.55. The van der Waals surface area contributed by atoms with Crippen LogP contribution in [0.4, 0.5) is 0 Å². The molecule has 0 fully saturated rings. The molecule has 0 bridgehead atoms. The van der Waals surface area contributed by atoms with Gasteiger partial charge >= 0.3 is 0 Å². The molecule has 132 valence electrons. The van der Waals surface area contributed by atoms with E-state index in [0.717, 1.165) is 5.56 Å². The van der Waals surface area contributed by atoms with E-state index in [2.05, 4.69) is 5.32 Å². The van der Waals surface area contributed by atoms with Crippen molar-refractivity contribution in [3.05, 3.63) is 63.6 Å². The van der Waals surface area contributed by atoms with Crippen molar-refractivity contribution in [1.29, 1.82) is 0 Å². The molecule has 6 heteroatoms. The summed E-state index contributed by atoms with van der Waals surface area (Å²) in [5.74, 6) is -0.0377. The molecule has 1 N–H and O–H groups in total. The third kappa shape index (κ3) is 5.48. The molecule has 25 heavy (non-hydrogen) atoms. The second-order valence-corrected chi connectivity index (χ2v) is 6.42. The first kappa shape index (κ1) is 19.3. The van der Waals surface area contributed by atoms with Crippen molar-refractivity contribution >= 4 is 34.9 Å². The SMILES string of the molecule is CCC(=O)c1cc(Cl)ccc1OCC(=O)N[C@@H](C)c1cccc(Cl)c1. The van der Waals surface area contributed by atoms with Gasteiger partial charge in [-0.3, -0.25) is 9.59 Å². The number of rotatable bonds is 7. The Morgan fingerprint density at radius 2 is 1.84 bits per heavy atom. The maximum atomic E-state index is 12.1. The first-order valence-corrected chi connectivity index (χ1v) is 8.66. The lowest BCUT2D eigenvalue weighted by atomic mass is 10.1. The van der Waals surface area contributed by atoms with Crippen LogP contribution in [0.25, 0.3) is 0 Å². The van der Waals surface area contributed by atoms with Crippen LogP contribution in [0.2, 0.25) is 10.0 Å².